The summed E-state index contributed by atoms with van der Waals surface area (Å²) in [6, 6.07) is -0.0974. The van der Waals surface area contributed by atoms with Crippen LogP contribution in [0.1, 0.15) is 97.3 Å². The fourth-order valence-corrected chi connectivity index (χ4v) is 8.39. The molecule has 4 rings (SSSR count). The normalized spacial score (nSPS) is 37.4. The van der Waals surface area contributed by atoms with Gasteiger partial charge in [0, 0.05) is 17.3 Å². The number of allylic oxidation sites excluding steroid dienone is 4. The molecular formula is C33H57ClN2O3. The third-order valence-corrected chi connectivity index (χ3v) is 11.2. The van der Waals surface area contributed by atoms with Crippen LogP contribution < -0.4 is 5.32 Å². The van der Waals surface area contributed by atoms with Crippen LogP contribution in [-0.4, -0.2) is 64.3 Å². The maximum absolute atomic E-state index is 11.5. The molecule has 0 aromatic heterocycles. The third-order valence-electron chi connectivity index (χ3n) is 10.8. The molecule has 4 N–H and O–H groups in total. The molecule has 7 atom stereocenters. The summed E-state index contributed by atoms with van der Waals surface area (Å²) in [6.07, 6.45) is 19.7. The Kier molecular flexibility index (Phi) is 11.8. The van der Waals surface area contributed by atoms with Gasteiger partial charge in [-0.1, -0.05) is 37.6 Å². The van der Waals surface area contributed by atoms with Crippen LogP contribution in [0.5, 0.6) is 0 Å². The van der Waals surface area contributed by atoms with E-state index in [4.69, 9.17) is 11.6 Å². The van der Waals surface area contributed by atoms with E-state index in [1.807, 2.05) is 19.0 Å². The first-order chi connectivity index (χ1) is 18.6. The molecule has 2 fully saturated rings. The van der Waals surface area contributed by atoms with Gasteiger partial charge in [0.2, 0.25) is 0 Å². The molecule has 6 heteroatoms. The van der Waals surface area contributed by atoms with E-state index in [2.05, 4.69) is 37.4 Å². The SMILES string of the molecule is CC(C)[C@@H](NC(O)C1CC=C[C@H](C2CCC(C(O)N(C)C)CC2)C1)C(O)C1CCC(C2=CCC(Cl)CC2)CC1. The summed E-state index contributed by atoms with van der Waals surface area (Å²) < 4.78 is 0. The Labute approximate surface area is 243 Å². The summed E-state index contributed by atoms with van der Waals surface area (Å²) in [5.74, 6) is 2.90. The van der Waals surface area contributed by atoms with E-state index in [-0.39, 0.29) is 24.1 Å². The molecule has 0 aliphatic heterocycles. The van der Waals surface area contributed by atoms with Gasteiger partial charge in [0.25, 0.3) is 0 Å². The second kappa shape index (κ2) is 14.6. The van der Waals surface area contributed by atoms with E-state index < -0.39 is 12.3 Å². The Morgan fingerprint density at radius 3 is 2.13 bits per heavy atom. The average molecular weight is 565 g/mol. The smallest absolute Gasteiger partial charge is 0.109 e. The van der Waals surface area contributed by atoms with Crippen molar-refractivity contribution in [3.05, 3.63) is 23.8 Å². The Balaban J connectivity index is 1.26. The van der Waals surface area contributed by atoms with Gasteiger partial charge in [0.05, 0.1) is 6.10 Å². The second-order valence-corrected chi connectivity index (χ2v) is 14.6. The summed E-state index contributed by atoms with van der Waals surface area (Å²) >= 11 is 6.30. The number of nitrogens with one attached hydrogen (secondary N) is 1. The molecule has 39 heavy (non-hydrogen) atoms. The number of nitrogens with zero attached hydrogens (tertiary/aromatic N) is 1. The fourth-order valence-electron chi connectivity index (χ4n) is 8.19. The molecule has 2 saturated carbocycles. The predicted octanol–water partition coefficient (Wildman–Crippen LogP) is 6.07. The highest BCUT2D eigenvalue weighted by molar-refractivity contribution is 6.20. The maximum atomic E-state index is 11.5. The van der Waals surface area contributed by atoms with Gasteiger partial charge in [-0.15, -0.1) is 11.6 Å². The van der Waals surface area contributed by atoms with Crippen molar-refractivity contribution in [3.63, 3.8) is 0 Å². The Bertz CT molecular complexity index is 801. The van der Waals surface area contributed by atoms with Crippen molar-refractivity contribution in [1.29, 1.82) is 0 Å². The van der Waals surface area contributed by atoms with Crippen LogP contribution in [0.2, 0.25) is 0 Å². The van der Waals surface area contributed by atoms with Crippen LogP contribution in [0.25, 0.3) is 0 Å². The summed E-state index contributed by atoms with van der Waals surface area (Å²) in [5.41, 5.74) is 1.61. The first-order valence-corrected chi connectivity index (χ1v) is 16.5. The number of alkyl halides is 1. The van der Waals surface area contributed by atoms with E-state index in [1.54, 1.807) is 5.57 Å². The lowest BCUT2D eigenvalue weighted by molar-refractivity contribution is -0.0333. The Morgan fingerprint density at radius 1 is 0.872 bits per heavy atom. The monoisotopic (exact) mass is 564 g/mol. The first kappa shape index (κ1) is 31.5. The number of halogens is 1. The van der Waals surface area contributed by atoms with Gasteiger partial charge in [-0.25, -0.2) is 0 Å². The summed E-state index contributed by atoms with van der Waals surface area (Å²) in [5, 5.41) is 37.1. The van der Waals surface area contributed by atoms with Crippen LogP contribution in [0.4, 0.5) is 0 Å². The molecule has 0 heterocycles. The summed E-state index contributed by atoms with van der Waals surface area (Å²) in [7, 11) is 3.91. The van der Waals surface area contributed by atoms with Gasteiger partial charge >= 0.3 is 0 Å². The molecule has 4 aliphatic carbocycles. The zero-order valence-corrected chi connectivity index (χ0v) is 25.8. The van der Waals surface area contributed by atoms with Crippen LogP contribution in [-0.2, 0) is 0 Å². The number of hydrogen-bond acceptors (Lipinski definition) is 5. The highest BCUT2D eigenvalue weighted by Crippen LogP contribution is 2.42. The minimum absolute atomic E-state index is 0.0974. The second-order valence-electron chi connectivity index (χ2n) is 14.0. The topological polar surface area (TPSA) is 76.0 Å². The zero-order chi connectivity index (χ0) is 28.1. The number of aliphatic hydroxyl groups excluding tert-OH is 3. The Morgan fingerprint density at radius 2 is 1.54 bits per heavy atom. The molecule has 5 unspecified atom stereocenters. The standard InChI is InChI=1S/C33H57ClN2O3/c1-21(2)30(31(37)25-12-8-22(9-13-25)23-16-18-29(34)19-17-23)35-32(38)28-7-5-6-27(20-28)24-10-14-26(15-11-24)33(39)36(3)4/h5-6,16,21-22,24-33,35,37-39H,7-15,17-20H2,1-4H3/t22?,24?,25?,26?,27-,28?,29?,30+,31?,32?,33?/m0/s1. The lowest BCUT2D eigenvalue weighted by Crippen LogP contribution is -2.54. The lowest BCUT2D eigenvalue weighted by atomic mass is 9.70. The van der Waals surface area contributed by atoms with Crippen molar-refractivity contribution in [1.82, 2.24) is 10.2 Å². The van der Waals surface area contributed by atoms with Gasteiger partial charge in [-0.3, -0.25) is 10.2 Å². The largest absolute Gasteiger partial charge is 0.391 e. The minimum atomic E-state index is -0.598. The van der Waals surface area contributed by atoms with Crippen LogP contribution in [0.15, 0.2) is 23.8 Å². The highest BCUT2D eigenvalue weighted by Gasteiger charge is 2.38. The van der Waals surface area contributed by atoms with Crippen molar-refractivity contribution in [2.75, 3.05) is 14.1 Å². The van der Waals surface area contributed by atoms with E-state index in [1.165, 1.54) is 0 Å². The van der Waals surface area contributed by atoms with Crippen molar-refractivity contribution in [3.8, 4) is 0 Å². The molecule has 224 valence electrons. The van der Waals surface area contributed by atoms with Gasteiger partial charge in [0.1, 0.15) is 12.5 Å². The van der Waals surface area contributed by atoms with Gasteiger partial charge < -0.3 is 15.3 Å². The van der Waals surface area contributed by atoms with Crippen molar-refractivity contribution >= 4 is 11.6 Å². The summed E-state index contributed by atoms with van der Waals surface area (Å²) in [6.45, 7) is 4.33. The van der Waals surface area contributed by atoms with Gasteiger partial charge in [-0.05, 0) is 133 Å². The molecule has 0 radical (unpaired) electrons. The predicted molar refractivity (Wildman–Crippen MR) is 161 cm³/mol. The lowest BCUT2D eigenvalue weighted by Gasteiger charge is -2.41. The van der Waals surface area contributed by atoms with Gasteiger partial charge in [0.15, 0.2) is 0 Å². The van der Waals surface area contributed by atoms with Crippen LogP contribution >= 0.6 is 11.6 Å². The highest BCUT2D eigenvalue weighted by atomic mass is 35.5. The number of aliphatic hydroxyl groups is 3. The first-order valence-electron chi connectivity index (χ1n) is 16.1. The van der Waals surface area contributed by atoms with Gasteiger partial charge in [-0.2, -0.15) is 0 Å². The van der Waals surface area contributed by atoms with E-state index in [0.717, 1.165) is 83.5 Å². The van der Waals surface area contributed by atoms with Crippen LogP contribution in [0, 0.1) is 41.4 Å². The molecule has 5 nitrogen and oxygen atoms in total. The third kappa shape index (κ3) is 8.32. The zero-order valence-electron chi connectivity index (χ0n) is 25.0. The number of rotatable bonds is 10. The molecule has 0 aromatic rings. The van der Waals surface area contributed by atoms with Crippen molar-refractivity contribution < 1.29 is 15.3 Å². The average Bonchev–Trinajstić information content (AvgIpc) is 2.95. The molecule has 0 spiro atoms. The van der Waals surface area contributed by atoms with Crippen LogP contribution in [0.3, 0.4) is 0 Å². The molecule has 0 saturated heterocycles. The van der Waals surface area contributed by atoms with E-state index in [0.29, 0.717) is 35.0 Å². The maximum Gasteiger partial charge on any atom is 0.109 e. The van der Waals surface area contributed by atoms with E-state index >= 15 is 0 Å². The fraction of sp³-hybridized carbons (Fsp3) is 0.879. The molecular weight excluding hydrogens is 508 g/mol. The van der Waals surface area contributed by atoms with Crippen molar-refractivity contribution in [2.24, 2.45) is 41.4 Å². The molecule has 0 aromatic carbocycles. The minimum Gasteiger partial charge on any atom is -0.391 e. The Hall–Kier alpha value is -0.430. The summed E-state index contributed by atoms with van der Waals surface area (Å²) in [4.78, 5) is 1.93. The molecule has 0 amide bonds. The quantitative estimate of drug-likeness (QED) is 0.147. The molecule has 0 bridgehead atoms. The van der Waals surface area contributed by atoms with Crippen molar-refractivity contribution in [2.45, 2.75) is 127 Å². The molecule has 4 aliphatic rings. The van der Waals surface area contributed by atoms with E-state index in [9.17, 15) is 15.3 Å². The number of hydrogen-bond donors (Lipinski definition) is 4.